The smallest absolute Gasteiger partial charge is 0.241 e. The van der Waals surface area contributed by atoms with Crippen molar-refractivity contribution in [2.45, 2.75) is 0 Å². The van der Waals surface area contributed by atoms with Crippen LogP contribution in [-0.2, 0) is 0 Å². The zero-order valence-corrected chi connectivity index (χ0v) is 13.6. The summed E-state index contributed by atoms with van der Waals surface area (Å²) in [5, 5.41) is 2.35. The number of rotatable bonds is 0. The fourth-order valence-electron chi connectivity index (χ4n) is 3.60. The average molecular weight is 336 g/mol. The van der Waals surface area contributed by atoms with Crippen molar-refractivity contribution in [3.05, 3.63) is 72.6 Å². The van der Waals surface area contributed by atoms with E-state index in [0.717, 1.165) is 16.7 Å². The fourth-order valence-corrected chi connectivity index (χ4v) is 3.60. The topological polar surface area (TPSA) is 57.6 Å². The molecule has 0 aliphatic carbocycles. The molecular formula is C20H12N6. The Morgan fingerprint density at radius 2 is 1.42 bits per heavy atom. The predicted octanol–water partition coefficient (Wildman–Crippen LogP) is 3.52. The van der Waals surface area contributed by atoms with Crippen molar-refractivity contribution in [3.63, 3.8) is 0 Å². The zero-order chi connectivity index (χ0) is 17.1. The standard InChI is InChI=1S/C20H12N6/c1-3-7-16-14(5-1)15-6-2-4-8-17(15)26(16)20-23-18-21-11-9-13-10-12-22-19(24-20)25(13)18/h1-12H. The Bertz CT molecular complexity index is 1230. The first-order chi connectivity index (χ1) is 12.9. The average Bonchev–Trinajstić information content (AvgIpc) is 3.03. The first-order valence-electron chi connectivity index (χ1n) is 8.35. The van der Waals surface area contributed by atoms with Crippen molar-refractivity contribution in [2.24, 2.45) is 20.0 Å². The summed E-state index contributed by atoms with van der Waals surface area (Å²) in [5.41, 5.74) is 3.09. The summed E-state index contributed by atoms with van der Waals surface area (Å²) in [7, 11) is 0. The van der Waals surface area contributed by atoms with Crippen LogP contribution in [0.2, 0.25) is 0 Å². The second-order valence-electron chi connectivity index (χ2n) is 6.14. The minimum absolute atomic E-state index is 0.570. The van der Waals surface area contributed by atoms with Gasteiger partial charge >= 0.3 is 0 Å². The van der Waals surface area contributed by atoms with Crippen LogP contribution in [0.3, 0.4) is 0 Å². The molecule has 1 aromatic heterocycles. The van der Waals surface area contributed by atoms with Gasteiger partial charge in [0.1, 0.15) is 0 Å². The van der Waals surface area contributed by atoms with Crippen molar-refractivity contribution >= 4 is 45.9 Å². The number of hydrogen-bond donors (Lipinski definition) is 0. The lowest BCUT2D eigenvalue weighted by Crippen LogP contribution is -2.41. The maximum absolute atomic E-state index is 4.73. The van der Waals surface area contributed by atoms with E-state index < -0.39 is 0 Å². The highest BCUT2D eigenvalue weighted by Gasteiger charge is 2.29. The van der Waals surface area contributed by atoms with E-state index in [1.807, 2.05) is 41.3 Å². The molecule has 3 aromatic rings. The number of aromatic nitrogens is 1. The van der Waals surface area contributed by atoms with Crippen LogP contribution in [0.4, 0.5) is 0 Å². The van der Waals surface area contributed by atoms with E-state index >= 15 is 0 Å². The fraction of sp³-hybridized carbons (Fsp3) is 0. The molecule has 0 N–H and O–H groups in total. The molecule has 6 rings (SSSR count). The maximum atomic E-state index is 4.73. The van der Waals surface area contributed by atoms with E-state index in [9.17, 15) is 0 Å². The molecule has 4 heterocycles. The number of para-hydroxylation sites is 2. The van der Waals surface area contributed by atoms with Crippen LogP contribution < -0.4 is 0 Å². The molecule has 0 spiro atoms. The molecule has 0 saturated heterocycles. The molecule has 0 unspecified atom stereocenters. The van der Waals surface area contributed by atoms with Crippen LogP contribution >= 0.6 is 0 Å². The molecule has 0 bridgehead atoms. The highest BCUT2D eigenvalue weighted by Crippen LogP contribution is 2.30. The van der Waals surface area contributed by atoms with Crippen LogP contribution in [0.5, 0.6) is 0 Å². The third-order valence-electron chi connectivity index (χ3n) is 4.71. The summed E-state index contributed by atoms with van der Waals surface area (Å²) in [6, 6.07) is 16.6. The van der Waals surface area contributed by atoms with E-state index in [0.29, 0.717) is 17.9 Å². The Morgan fingerprint density at radius 1 is 0.731 bits per heavy atom. The molecule has 2 aromatic carbocycles. The van der Waals surface area contributed by atoms with Crippen molar-refractivity contribution in [3.8, 4) is 0 Å². The van der Waals surface area contributed by atoms with Gasteiger partial charge in [0.2, 0.25) is 17.9 Å². The van der Waals surface area contributed by atoms with Crippen LogP contribution in [0.25, 0.3) is 21.8 Å². The predicted molar refractivity (Wildman–Crippen MR) is 105 cm³/mol. The zero-order valence-electron chi connectivity index (χ0n) is 13.6. The molecule has 6 heteroatoms. The summed E-state index contributed by atoms with van der Waals surface area (Å²) < 4.78 is 2.07. The van der Waals surface area contributed by atoms with Crippen molar-refractivity contribution in [1.82, 2.24) is 9.47 Å². The molecule has 6 nitrogen and oxygen atoms in total. The lowest BCUT2D eigenvalue weighted by Gasteiger charge is -2.30. The number of benzene rings is 2. The molecule has 0 saturated carbocycles. The SMILES string of the molecule is C1=CC2=CC=NC3=NC(n4c5ccccc5c5ccccc54)=NC(=N1)N23. The molecule has 0 radical (unpaired) electrons. The normalized spacial score (nSPS) is 17.8. The minimum atomic E-state index is 0.570. The molecule has 0 atom stereocenters. The van der Waals surface area contributed by atoms with E-state index in [4.69, 9.17) is 9.98 Å². The highest BCUT2D eigenvalue weighted by molar-refractivity contribution is 6.21. The Labute approximate surface area is 148 Å². The van der Waals surface area contributed by atoms with Crippen molar-refractivity contribution in [1.29, 1.82) is 0 Å². The lowest BCUT2D eigenvalue weighted by atomic mass is 10.2. The van der Waals surface area contributed by atoms with Gasteiger partial charge in [-0.25, -0.2) is 14.9 Å². The molecule has 0 amide bonds. The van der Waals surface area contributed by atoms with Crippen molar-refractivity contribution < 1.29 is 0 Å². The molecular weight excluding hydrogens is 324 g/mol. The van der Waals surface area contributed by atoms with Gasteiger partial charge in [0, 0.05) is 23.2 Å². The van der Waals surface area contributed by atoms with Crippen LogP contribution in [0.1, 0.15) is 0 Å². The third-order valence-corrected chi connectivity index (χ3v) is 4.71. The number of aliphatic imine (C=N–C) groups is 4. The molecule has 3 aliphatic rings. The first kappa shape index (κ1) is 13.5. The van der Waals surface area contributed by atoms with Crippen molar-refractivity contribution in [2.75, 3.05) is 0 Å². The summed E-state index contributed by atoms with van der Waals surface area (Å²) in [4.78, 5) is 20.2. The van der Waals surface area contributed by atoms with Gasteiger partial charge in [-0.3, -0.25) is 4.57 Å². The first-order valence-corrected chi connectivity index (χ1v) is 8.35. The van der Waals surface area contributed by atoms with Gasteiger partial charge in [-0.05, 0) is 24.3 Å². The second kappa shape index (κ2) is 4.86. The lowest BCUT2D eigenvalue weighted by molar-refractivity contribution is 0.732. The van der Waals surface area contributed by atoms with Gasteiger partial charge in [-0.1, -0.05) is 36.4 Å². The minimum Gasteiger partial charge on any atom is -0.278 e. The molecule has 0 fully saturated rings. The van der Waals surface area contributed by atoms with Gasteiger partial charge in [-0.2, -0.15) is 9.98 Å². The van der Waals surface area contributed by atoms with Crippen LogP contribution in [0, 0.1) is 0 Å². The largest absolute Gasteiger partial charge is 0.278 e. The number of nitrogens with zero attached hydrogens (tertiary/aromatic N) is 6. The summed E-state index contributed by atoms with van der Waals surface area (Å²) in [5.74, 6) is 1.73. The van der Waals surface area contributed by atoms with E-state index in [-0.39, 0.29) is 0 Å². The number of hydrogen-bond acceptors (Lipinski definition) is 5. The number of fused-ring (bicyclic) bond motifs is 3. The van der Waals surface area contributed by atoms with Gasteiger partial charge < -0.3 is 0 Å². The van der Waals surface area contributed by atoms with Crippen LogP contribution in [0.15, 0.2) is 92.5 Å². The van der Waals surface area contributed by atoms with Gasteiger partial charge in [0.25, 0.3) is 0 Å². The maximum Gasteiger partial charge on any atom is 0.241 e. The van der Waals surface area contributed by atoms with Gasteiger partial charge in [0.05, 0.1) is 16.7 Å². The third kappa shape index (κ3) is 1.70. The number of allylic oxidation sites excluding steroid dienone is 2. The number of guanidine groups is 2. The Kier molecular flexibility index (Phi) is 2.52. The summed E-state index contributed by atoms with van der Waals surface area (Å²) in [6.45, 7) is 0. The van der Waals surface area contributed by atoms with Gasteiger partial charge in [-0.15, -0.1) is 0 Å². The Morgan fingerprint density at radius 3 is 2.19 bits per heavy atom. The van der Waals surface area contributed by atoms with E-state index in [1.165, 1.54) is 10.8 Å². The van der Waals surface area contributed by atoms with Crippen LogP contribution in [-0.4, -0.2) is 33.6 Å². The summed E-state index contributed by atoms with van der Waals surface area (Å²) >= 11 is 0. The molecule has 122 valence electrons. The quantitative estimate of drug-likeness (QED) is 0.620. The van der Waals surface area contributed by atoms with E-state index in [1.54, 1.807) is 12.4 Å². The monoisotopic (exact) mass is 336 g/mol. The van der Waals surface area contributed by atoms with Gasteiger partial charge in [0.15, 0.2) is 0 Å². The Balaban J connectivity index is 1.68. The molecule has 26 heavy (non-hydrogen) atoms. The molecule has 3 aliphatic heterocycles. The highest BCUT2D eigenvalue weighted by atomic mass is 15.4. The van der Waals surface area contributed by atoms with E-state index in [2.05, 4.69) is 38.8 Å². The second-order valence-corrected chi connectivity index (χ2v) is 6.14. The Hall–Kier alpha value is -3.80. The summed E-state index contributed by atoms with van der Waals surface area (Å²) in [6.07, 6.45) is 7.36.